The van der Waals surface area contributed by atoms with Crippen LogP contribution in [0.1, 0.15) is 34.9 Å². The molecule has 1 aliphatic carbocycles. The molecule has 1 aliphatic rings. The molecule has 0 saturated heterocycles. The zero-order chi connectivity index (χ0) is 23.1. The third kappa shape index (κ3) is 3.57. The van der Waals surface area contributed by atoms with Gasteiger partial charge in [0, 0.05) is 0 Å². The zero-order valence-electron chi connectivity index (χ0n) is 19.2. The molecule has 0 N–H and O–H groups in total. The molecule has 0 bridgehead atoms. The second kappa shape index (κ2) is 7.99. The molecule has 0 unspecified atom stereocenters. The third-order valence-electron chi connectivity index (χ3n) is 6.34. The van der Waals surface area contributed by atoms with Gasteiger partial charge in [-0.25, -0.2) is 9.97 Å². The van der Waals surface area contributed by atoms with Gasteiger partial charge >= 0.3 is 0 Å². The van der Waals surface area contributed by atoms with E-state index in [1.165, 1.54) is 0 Å². The van der Waals surface area contributed by atoms with Gasteiger partial charge in [0.1, 0.15) is 16.4 Å². The Bertz CT molecular complexity index is 1520. The number of nitrogens with zero attached hydrogens (tertiary/aromatic N) is 2. The highest BCUT2D eigenvalue weighted by Gasteiger charge is 2.42. The molecule has 0 saturated carbocycles. The summed E-state index contributed by atoms with van der Waals surface area (Å²) in [5.41, 5.74) is 7.07. The maximum absolute atomic E-state index is 6.29. The van der Waals surface area contributed by atoms with Crippen molar-refractivity contribution in [2.24, 2.45) is 0 Å². The van der Waals surface area contributed by atoms with Crippen LogP contribution in [0.3, 0.4) is 0 Å². The molecular formula is C30H24N2O2. The fourth-order valence-corrected chi connectivity index (χ4v) is 4.40. The van der Waals surface area contributed by atoms with Crippen molar-refractivity contribution < 1.29 is 8.83 Å². The van der Waals surface area contributed by atoms with Crippen molar-refractivity contribution in [2.45, 2.75) is 25.7 Å². The summed E-state index contributed by atoms with van der Waals surface area (Å²) in [6, 6.07) is 22.4. The third-order valence-corrected chi connectivity index (χ3v) is 6.34. The van der Waals surface area contributed by atoms with E-state index in [2.05, 4.69) is 56.4 Å². The molecular weight excluding hydrogens is 420 g/mol. The van der Waals surface area contributed by atoms with Crippen molar-refractivity contribution >= 4 is 28.3 Å². The van der Waals surface area contributed by atoms with Crippen LogP contribution in [0.4, 0.5) is 0 Å². The normalized spacial score (nSPS) is 15.4. The number of hydrogen-bond donors (Lipinski definition) is 0. The fourth-order valence-electron chi connectivity index (χ4n) is 4.40. The molecule has 3 aromatic carbocycles. The lowest BCUT2D eigenvalue weighted by Gasteiger charge is -2.25. The highest BCUT2D eigenvalue weighted by atomic mass is 16.4. The minimum atomic E-state index is -0.718. The largest absolute Gasteiger partial charge is 0.439 e. The Morgan fingerprint density at radius 3 is 1.94 bits per heavy atom. The second-order valence-electron chi connectivity index (χ2n) is 8.94. The number of rotatable bonds is 4. The maximum Gasteiger partial charge on any atom is 0.215 e. The number of aromatic nitrogens is 2. The van der Waals surface area contributed by atoms with Crippen LogP contribution in [0, 0.1) is 13.8 Å². The molecule has 4 nitrogen and oxygen atoms in total. The number of hydrogen-bond acceptors (Lipinski definition) is 4. The molecule has 6 rings (SSSR count). The Morgan fingerprint density at radius 1 is 0.765 bits per heavy atom. The van der Waals surface area contributed by atoms with Gasteiger partial charge in [-0.15, -0.1) is 0 Å². The molecule has 0 radical (unpaired) electrons. The maximum atomic E-state index is 6.29. The Morgan fingerprint density at radius 2 is 1.38 bits per heavy atom. The number of aryl methyl sites for hydroxylation is 2. The Hall–Kier alpha value is -4.18. The average molecular weight is 445 g/mol. The van der Waals surface area contributed by atoms with Gasteiger partial charge < -0.3 is 8.83 Å². The van der Waals surface area contributed by atoms with Gasteiger partial charge in [-0.2, -0.15) is 0 Å². The first-order chi connectivity index (χ1) is 16.6. The van der Waals surface area contributed by atoms with Crippen LogP contribution in [0.5, 0.6) is 0 Å². The molecule has 34 heavy (non-hydrogen) atoms. The first-order valence-electron chi connectivity index (χ1n) is 11.5. The standard InChI is InChI=1S/C30H24N2O2/c1-20-8-12-26-24(18-20)31-28(33-26)30(29-32-25-19-21(2)9-13-27(25)34-29)16-14-23(15-17-30)11-10-22-6-4-3-5-7-22/h3-16,18-19H,17H2,1-2H3. The Labute approximate surface area is 198 Å². The van der Waals surface area contributed by atoms with Crippen molar-refractivity contribution in [1.82, 2.24) is 9.97 Å². The van der Waals surface area contributed by atoms with Crippen LogP contribution in [0.25, 0.3) is 28.3 Å². The number of fused-ring (bicyclic) bond motifs is 2. The lowest BCUT2D eigenvalue weighted by molar-refractivity contribution is 0.368. The minimum Gasteiger partial charge on any atom is -0.439 e. The van der Waals surface area contributed by atoms with E-state index in [0.29, 0.717) is 18.2 Å². The first-order valence-corrected chi connectivity index (χ1v) is 11.5. The predicted molar refractivity (Wildman–Crippen MR) is 136 cm³/mol. The second-order valence-corrected chi connectivity index (χ2v) is 8.94. The van der Waals surface area contributed by atoms with Crippen LogP contribution in [-0.2, 0) is 5.41 Å². The Kier molecular flexibility index (Phi) is 4.80. The van der Waals surface area contributed by atoms with Gasteiger partial charge in [0.05, 0.1) is 0 Å². The first kappa shape index (κ1) is 20.4. The van der Waals surface area contributed by atoms with Crippen molar-refractivity contribution in [3.8, 4) is 0 Å². The summed E-state index contributed by atoms with van der Waals surface area (Å²) in [6.07, 6.45) is 11.3. The van der Waals surface area contributed by atoms with Crippen LogP contribution >= 0.6 is 0 Å². The van der Waals surface area contributed by atoms with Gasteiger partial charge in [-0.05, 0) is 66.8 Å². The molecule has 166 valence electrons. The minimum absolute atomic E-state index is 0.593. The van der Waals surface area contributed by atoms with Gasteiger partial charge in [0.15, 0.2) is 11.2 Å². The quantitative estimate of drug-likeness (QED) is 0.288. The number of allylic oxidation sites excluding steroid dienone is 5. The van der Waals surface area contributed by atoms with Crippen molar-refractivity contribution in [1.29, 1.82) is 0 Å². The lowest BCUT2D eigenvalue weighted by Crippen LogP contribution is -2.27. The monoisotopic (exact) mass is 444 g/mol. The van der Waals surface area contributed by atoms with Crippen molar-refractivity contribution in [3.05, 3.63) is 125 Å². The van der Waals surface area contributed by atoms with E-state index in [1.54, 1.807) is 0 Å². The van der Waals surface area contributed by atoms with Gasteiger partial charge in [0.25, 0.3) is 0 Å². The summed E-state index contributed by atoms with van der Waals surface area (Å²) >= 11 is 0. The lowest BCUT2D eigenvalue weighted by atomic mass is 9.79. The summed E-state index contributed by atoms with van der Waals surface area (Å²) in [5.74, 6) is 1.19. The zero-order valence-corrected chi connectivity index (χ0v) is 19.2. The van der Waals surface area contributed by atoms with Gasteiger partial charge in [-0.1, -0.05) is 72.8 Å². The van der Waals surface area contributed by atoms with E-state index in [0.717, 1.165) is 44.5 Å². The molecule has 0 amide bonds. The summed E-state index contributed by atoms with van der Waals surface area (Å²) in [5, 5.41) is 0. The van der Waals surface area contributed by atoms with E-state index < -0.39 is 5.41 Å². The summed E-state index contributed by atoms with van der Waals surface area (Å²) < 4.78 is 12.6. The molecule has 2 aromatic heterocycles. The highest BCUT2D eigenvalue weighted by molar-refractivity contribution is 5.75. The van der Waals surface area contributed by atoms with Crippen LogP contribution < -0.4 is 0 Å². The van der Waals surface area contributed by atoms with Crippen molar-refractivity contribution in [3.63, 3.8) is 0 Å². The van der Waals surface area contributed by atoms with E-state index in [-0.39, 0.29) is 0 Å². The van der Waals surface area contributed by atoms with E-state index in [1.807, 2.05) is 54.6 Å². The molecule has 0 spiro atoms. The summed E-state index contributed by atoms with van der Waals surface area (Å²) in [7, 11) is 0. The predicted octanol–water partition coefficient (Wildman–Crippen LogP) is 7.47. The molecule has 0 atom stereocenters. The topological polar surface area (TPSA) is 52.1 Å². The fraction of sp³-hybridized carbons (Fsp3) is 0.133. The van der Waals surface area contributed by atoms with Gasteiger partial charge in [0.2, 0.25) is 11.8 Å². The van der Waals surface area contributed by atoms with Crippen LogP contribution in [-0.4, -0.2) is 9.97 Å². The number of benzene rings is 3. The van der Waals surface area contributed by atoms with Gasteiger partial charge in [-0.3, -0.25) is 0 Å². The van der Waals surface area contributed by atoms with E-state index >= 15 is 0 Å². The Balaban J connectivity index is 1.45. The summed E-state index contributed by atoms with van der Waals surface area (Å²) in [4.78, 5) is 9.77. The molecule has 0 aliphatic heterocycles. The van der Waals surface area contributed by atoms with Crippen molar-refractivity contribution in [2.75, 3.05) is 0 Å². The average Bonchev–Trinajstić information content (AvgIpc) is 3.48. The molecule has 2 heterocycles. The van der Waals surface area contributed by atoms with Crippen LogP contribution in [0.2, 0.25) is 0 Å². The molecule has 0 fully saturated rings. The molecule has 4 heteroatoms. The van der Waals surface area contributed by atoms with Crippen LogP contribution in [0.15, 0.2) is 105 Å². The smallest absolute Gasteiger partial charge is 0.215 e. The van der Waals surface area contributed by atoms with E-state index in [9.17, 15) is 0 Å². The SMILES string of the molecule is Cc1ccc2oc(C3(c4nc5cc(C)ccc5o4)C=CC(C=Cc4ccccc4)=CC3)nc2c1. The summed E-state index contributed by atoms with van der Waals surface area (Å²) in [6.45, 7) is 4.11. The van der Waals surface area contributed by atoms with E-state index in [4.69, 9.17) is 18.8 Å². The highest BCUT2D eigenvalue weighted by Crippen LogP contribution is 2.42. The number of oxazole rings is 2. The molecule has 5 aromatic rings.